The number of carbonyl (C=O) groups excluding carboxylic acids is 5. The molecule has 1 aliphatic heterocycles. The van der Waals surface area contributed by atoms with Crippen molar-refractivity contribution in [2.75, 3.05) is 22.1 Å². The van der Waals surface area contributed by atoms with Crippen molar-refractivity contribution in [3.05, 3.63) is 90.0 Å². The number of fused-ring (bicyclic) bond motifs is 5. The predicted octanol–water partition coefficient (Wildman–Crippen LogP) is 4.37. The van der Waals surface area contributed by atoms with E-state index in [0.29, 0.717) is 17.1 Å². The molecule has 208 valence electrons. The van der Waals surface area contributed by atoms with E-state index >= 15 is 0 Å². The molecule has 9 heteroatoms. The maximum Gasteiger partial charge on any atom is 0.338 e. The number of hydrogen-bond donors (Lipinski definition) is 2. The molecule has 5 atom stereocenters. The number of nitrogens with zero attached hydrogens (tertiary/aromatic N) is 1. The maximum atomic E-state index is 13.6. The fourth-order valence-corrected chi connectivity index (χ4v) is 6.82. The van der Waals surface area contributed by atoms with E-state index in [9.17, 15) is 24.0 Å². The first-order valence-corrected chi connectivity index (χ1v) is 13.7. The lowest BCUT2D eigenvalue weighted by molar-refractivity contribution is -0.123. The average molecular weight is 552 g/mol. The number of hydrogen-bond acceptors (Lipinski definition) is 6. The summed E-state index contributed by atoms with van der Waals surface area (Å²) in [6, 6.07) is 22.9. The Hall–Kier alpha value is -4.79. The number of benzene rings is 3. The minimum absolute atomic E-state index is 0.127. The Labute approximate surface area is 236 Å². The van der Waals surface area contributed by atoms with Crippen molar-refractivity contribution in [3.8, 4) is 0 Å². The van der Waals surface area contributed by atoms with E-state index in [4.69, 9.17) is 4.74 Å². The van der Waals surface area contributed by atoms with Crippen LogP contribution in [0.25, 0.3) is 0 Å². The summed E-state index contributed by atoms with van der Waals surface area (Å²) in [7, 11) is 0. The van der Waals surface area contributed by atoms with Crippen LogP contribution >= 0.6 is 0 Å². The summed E-state index contributed by atoms with van der Waals surface area (Å²) < 4.78 is 5.20. The molecule has 1 saturated heterocycles. The third-order valence-electron chi connectivity index (χ3n) is 8.41. The van der Waals surface area contributed by atoms with Crippen LogP contribution in [0.2, 0.25) is 0 Å². The normalized spacial score (nSPS) is 24.2. The summed E-state index contributed by atoms with van der Waals surface area (Å²) in [5.41, 5.74) is 2.75. The molecule has 3 aromatic rings. The van der Waals surface area contributed by atoms with Crippen molar-refractivity contribution in [1.82, 2.24) is 0 Å². The Morgan fingerprint density at radius 1 is 0.829 bits per heavy atom. The van der Waals surface area contributed by atoms with E-state index in [1.54, 1.807) is 36.4 Å². The van der Waals surface area contributed by atoms with Crippen molar-refractivity contribution in [3.63, 3.8) is 0 Å². The molecule has 9 nitrogen and oxygen atoms in total. The Kier molecular flexibility index (Phi) is 6.86. The molecule has 2 saturated carbocycles. The van der Waals surface area contributed by atoms with Crippen molar-refractivity contribution >= 4 is 46.7 Å². The van der Waals surface area contributed by atoms with Crippen LogP contribution in [0.4, 0.5) is 17.1 Å². The summed E-state index contributed by atoms with van der Waals surface area (Å²) in [6.07, 6.45) is 1.78. The van der Waals surface area contributed by atoms with Crippen LogP contribution in [0.1, 0.15) is 41.6 Å². The van der Waals surface area contributed by atoms with Crippen LogP contribution in [0, 0.1) is 23.7 Å². The first-order chi connectivity index (χ1) is 19.8. The second-order valence-corrected chi connectivity index (χ2v) is 10.9. The molecule has 0 unspecified atom stereocenters. The van der Waals surface area contributed by atoms with Gasteiger partial charge < -0.3 is 15.4 Å². The number of carbonyl (C=O) groups is 5. The first kappa shape index (κ1) is 26.4. The molecule has 0 aromatic heterocycles. The number of rotatable bonds is 7. The lowest BCUT2D eigenvalue weighted by atomic mass is 9.73. The molecule has 3 aliphatic rings. The Bertz CT molecular complexity index is 1540. The van der Waals surface area contributed by atoms with Gasteiger partial charge in [0, 0.05) is 18.3 Å². The van der Waals surface area contributed by atoms with Gasteiger partial charge in [0.15, 0.2) is 6.61 Å². The Morgan fingerprint density at radius 3 is 2.22 bits per heavy atom. The van der Waals surface area contributed by atoms with Crippen LogP contribution in [0.15, 0.2) is 78.9 Å². The van der Waals surface area contributed by atoms with Crippen LogP contribution < -0.4 is 15.5 Å². The molecule has 4 amide bonds. The van der Waals surface area contributed by atoms with E-state index in [1.165, 1.54) is 29.5 Å². The first-order valence-electron chi connectivity index (χ1n) is 13.7. The van der Waals surface area contributed by atoms with Gasteiger partial charge in [-0.2, -0.15) is 0 Å². The molecule has 1 heterocycles. The minimum atomic E-state index is -0.744. The van der Waals surface area contributed by atoms with E-state index in [2.05, 4.69) is 22.8 Å². The van der Waals surface area contributed by atoms with Crippen molar-refractivity contribution in [1.29, 1.82) is 0 Å². The molecule has 0 spiro atoms. The van der Waals surface area contributed by atoms with Gasteiger partial charge in [-0.15, -0.1) is 0 Å². The highest BCUT2D eigenvalue weighted by atomic mass is 16.5. The van der Waals surface area contributed by atoms with Crippen molar-refractivity contribution in [2.45, 2.75) is 25.7 Å². The van der Waals surface area contributed by atoms with E-state index in [0.717, 1.165) is 12.8 Å². The van der Waals surface area contributed by atoms with Gasteiger partial charge in [0.2, 0.25) is 17.7 Å². The third kappa shape index (κ3) is 4.99. The number of imide groups is 1. The monoisotopic (exact) mass is 551 g/mol. The zero-order chi connectivity index (χ0) is 28.7. The van der Waals surface area contributed by atoms with Crippen LogP contribution in [0.5, 0.6) is 0 Å². The molecule has 2 N–H and O–H groups in total. The van der Waals surface area contributed by atoms with Gasteiger partial charge in [0.1, 0.15) is 0 Å². The maximum absolute atomic E-state index is 13.6. The molecule has 3 aromatic carbocycles. The van der Waals surface area contributed by atoms with Crippen molar-refractivity contribution < 1.29 is 28.7 Å². The van der Waals surface area contributed by atoms with Gasteiger partial charge in [0.05, 0.1) is 23.1 Å². The van der Waals surface area contributed by atoms with E-state index < -0.39 is 18.5 Å². The van der Waals surface area contributed by atoms with E-state index in [-0.39, 0.29) is 52.9 Å². The van der Waals surface area contributed by atoms with Gasteiger partial charge in [-0.25, -0.2) is 4.79 Å². The number of esters is 1. The smallest absolute Gasteiger partial charge is 0.338 e. The van der Waals surface area contributed by atoms with E-state index in [1.807, 2.05) is 18.2 Å². The predicted molar refractivity (Wildman–Crippen MR) is 151 cm³/mol. The highest BCUT2D eigenvalue weighted by Gasteiger charge is 2.64. The zero-order valence-electron chi connectivity index (χ0n) is 22.4. The average Bonchev–Trinajstić information content (AvgIpc) is 3.64. The summed E-state index contributed by atoms with van der Waals surface area (Å²) in [6.45, 7) is 0.878. The van der Waals surface area contributed by atoms with Gasteiger partial charge in [-0.05, 0) is 78.6 Å². The topological polar surface area (TPSA) is 122 Å². The second-order valence-electron chi connectivity index (χ2n) is 10.9. The lowest BCUT2D eigenvalue weighted by Gasteiger charge is -2.28. The molecule has 3 fully saturated rings. The fourth-order valence-electron chi connectivity index (χ4n) is 6.82. The van der Waals surface area contributed by atoms with Gasteiger partial charge >= 0.3 is 5.97 Å². The summed E-state index contributed by atoms with van der Waals surface area (Å²) in [5, 5.41) is 5.26. The van der Waals surface area contributed by atoms with Crippen LogP contribution in [0.3, 0.4) is 0 Å². The second kappa shape index (κ2) is 10.6. The largest absolute Gasteiger partial charge is 0.452 e. The Morgan fingerprint density at radius 2 is 1.51 bits per heavy atom. The standard InChI is InChI=1S/C32H29N3O6/c1-18(36)33-22-10-12-23(13-11-22)34-27(37)17-41-32(40)20-8-5-9-24(14-20)35-30(38)28-21-15-25(19-6-3-2-4-7-19)26(16-21)29(28)31(35)39/h2-14,21,25-26,28-29H,15-17H2,1H3,(H,33,36)(H,34,37)/t21-,25+,26+,28+,29-/m0/s1. The number of amides is 4. The minimum Gasteiger partial charge on any atom is -0.452 e. The summed E-state index contributed by atoms with van der Waals surface area (Å²) in [5.74, 6) is -2.00. The van der Waals surface area contributed by atoms with Gasteiger partial charge in [-0.1, -0.05) is 36.4 Å². The Balaban J connectivity index is 1.10. The zero-order valence-corrected chi connectivity index (χ0v) is 22.4. The SMILES string of the molecule is CC(=O)Nc1ccc(NC(=O)COC(=O)c2cccc(N3C(=O)[C@@H]4[C@@H]5C[C@@H]([C@@H]4C3=O)[C@@H](c3ccccc3)C5)c2)cc1. The van der Waals surface area contributed by atoms with Crippen LogP contribution in [-0.2, 0) is 23.9 Å². The number of ether oxygens (including phenoxy) is 1. The summed E-state index contributed by atoms with van der Waals surface area (Å²) >= 11 is 0. The molecular formula is C32H29N3O6. The van der Waals surface area contributed by atoms with Crippen molar-refractivity contribution in [2.24, 2.45) is 23.7 Å². The quantitative estimate of drug-likeness (QED) is 0.332. The molecule has 41 heavy (non-hydrogen) atoms. The molecule has 0 radical (unpaired) electrons. The summed E-state index contributed by atoms with van der Waals surface area (Å²) in [4.78, 5) is 64.6. The molecule has 2 bridgehead atoms. The molecular weight excluding hydrogens is 522 g/mol. The van der Waals surface area contributed by atoms with Crippen LogP contribution in [-0.4, -0.2) is 36.2 Å². The third-order valence-corrected chi connectivity index (χ3v) is 8.41. The van der Waals surface area contributed by atoms with Gasteiger partial charge in [-0.3, -0.25) is 24.1 Å². The molecule has 2 aliphatic carbocycles. The fraction of sp³-hybridized carbons (Fsp3) is 0.281. The lowest BCUT2D eigenvalue weighted by Crippen LogP contribution is -2.33. The number of anilines is 3. The highest BCUT2D eigenvalue weighted by molar-refractivity contribution is 6.23. The number of nitrogens with one attached hydrogen (secondary N) is 2. The van der Waals surface area contributed by atoms with Gasteiger partial charge in [0.25, 0.3) is 5.91 Å². The molecule has 6 rings (SSSR count). The highest BCUT2D eigenvalue weighted by Crippen LogP contribution is 2.61.